The molecule has 1 rings (SSSR count). The van der Waals surface area contributed by atoms with Crippen LogP contribution in [-0.2, 0) is 17.4 Å². The fraction of sp³-hybridized carbons (Fsp3) is 0.250. The van der Waals surface area contributed by atoms with E-state index in [0.29, 0.717) is 6.20 Å². The molecule has 0 amide bonds. The van der Waals surface area contributed by atoms with E-state index in [1.807, 2.05) is 0 Å². The lowest BCUT2D eigenvalue weighted by Gasteiger charge is -2.08. The van der Waals surface area contributed by atoms with Gasteiger partial charge in [-0.3, -0.25) is 9.78 Å². The zero-order valence-electron chi connectivity index (χ0n) is 7.18. The molecule has 0 atom stereocenters. The van der Waals surface area contributed by atoms with Gasteiger partial charge in [0.05, 0.1) is 17.7 Å². The highest BCUT2D eigenvalue weighted by molar-refractivity contribution is 14.1. The summed E-state index contributed by atoms with van der Waals surface area (Å²) >= 11 is 1.51. The third-order valence-corrected chi connectivity index (χ3v) is 2.44. The molecule has 3 nitrogen and oxygen atoms in total. The molecule has 0 unspecified atom stereocenters. The Morgan fingerprint density at radius 1 is 1.53 bits per heavy atom. The second-order valence-corrected chi connectivity index (χ2v) is 3.89. The fourth-order valence-corrected chi connectivity index (χ4v) is 1.74. The van der Waals surface area contributed by atoms with Gasteiger partial charge >= 0.3 is 12.1 Å². The van der Waals surface area contributed by atoms with Gasteiger partial charge in [-0.25, -0.2) is 0 Å². The van der Waals surface area contributed by atoms with Crippen LogP contribution in [-0.4, -0.2) is 16.1 Å². The second-order valence-electron chi connectivity index (χ2n) is 2.72. The van der Waals surface area contributed by atoms with Gasteiger partial charge in [0, 0.05) is 9.77 Å². The van der Waals surface area contributed by atoms with Gasteiger partial charge < -0.3 is 5.11 Å². The fourth-order valence-electron chi connectivity index (χ4n) is 0.931. The Hall–Kier alpha value is -0.860. The molecule has 82 valence electrons. The van der Waals surface area contributed by atoms with Gasteiger partial charge in [0.25, 0.3) is 0 Å². The van der Waals surface area contributed by atoms with Gasteiger partial charge in [-0.2, -0.15) is 13.2 Å². The lowest BCUT2D eigenvalue weighted by Crippen LogP contribution is -2.10. The van der Waals surface area contributed by atoms with E-state index < -0.39 is 17.7 Å². The Labute approximate surface area is 96.5 Å². The van der Waals surface area contributed by atoms with E-state index in [4.69, 9.17) is 5.11 Å². The Morgan fingerprint density at radius 2 is 2.13 bits per heavy atom. The van der Waals surface area contributed by atoms with Crippen molar-refractivity contribution in [3.8, 4) is 0 Å². The third kappa shape index (κ3) is 3.33. The van der Waals surface area contributed by atoms with Crippen LogP contribution >= 0.6 is 22.6 Å². The van der Waals surface area contributed by atoms with Crippen LogP contribution in [0.4, 0.5) is 13.2 Å². The number of carboxylic acids is 1. The average Bonchev–Trinajstić information content (AvgIpc) is 1.99. The molecule has 0 aromatic carbocycles. The molecule has 0 bridgehead atoms. The van der Waals surface area contributed by atoms with Gasteiger partial charge in [0.15, 0.2) is 0 Å². The number of aliphatic carboxylic acids is 1. The number of nitrogens with zero attached hydrogens (tertiary/aromatic N) is 1. The Bertz CT molecular complexity index is 392. The number of rotatable bonds is 2. The van der Waals surface area contributed by atoms with Gasteiger partial charge in [0.2, 0.25) is 0 Å². The Kier molecular flexibility index (Phi) is 3.53. The molecular weight excluding hydrogens is 326 g/mol. The Balaban J connectivity index is 3.04. The standard InChI is InChI=1S/C8H5F3INO2/c9-8(10,11)5-3-13-4(1-6(5)12)2-7(14)15/h1,3H,2H2,(H,14,15). The van der Waals surface area contributed by atoms with Crippen molar-refractivity contribution in [2.75, 3.05) is 0 Å². The molecule has 1 aromatic heterocycles. The predicted molar refractivity (Wildman–Crippen MR) is 53.3 cm³/mol. The van der Waals surface area contributed by atoms with Crippen LogP contribution in [0.3, 0.4) is 0 Å². The van der Waals surface area contributed by atoms with Crippen LogP contribution in [0.5, 0.6) is 0 Å². The van der Waals surface area contributed by atoms with Crippen molar-refractivity contribution in [3.05, 3.63) is 27.1 Å². The van der Waals surface area contributed by atoms with Crippen molar-refractivity contribution in [2.24, 2.45) is 0 Å². The van der Waals surface area contributed by atoms with Crippen LogP contribution in [0.1, 0.15) is 11.3 Å². The first-order valence-corrected chi connectivity index (χ1v) is 4.82. The SMILES string of the molecule is O=C(O)Cc1cc(I)c(C(F)(F)F)cn1. The largest absolute Gasteiger partial charge is 0.481 e. The molecule has 0 radical (unpaired) electrons. The lowest BCUT2D eigenvalue weighted by atomic mass is 10.2. The minimum Gasteiger partial charge on any atom is -0.481 e. The van der Waals surface area contributed by atoms with E-state index in [2.05, 4.69) is 4.98 Å². The van der Waals surface area contributed by atoms with Crippen molar-refractivity contribution < 1.29 is 23.1 Å². The molecule has 0 aliphatic rings. The first kappa shape index (κ1) is 12.2. The summed E-state index contributed by atoms with van der Waals surface area (Å²) in [6, 6.07) is 1.12. The van der Waals surface area contributed by atoms with Gasteiger partial charge in [0.1, 0.15) is 0 Å². The summed E-state index contributed by atoms with van der Waals surface area (Å²) in [5, 5.41) is 8.42. The number of halogens is 4. The molecule has 15 heavy (non-hydrogen) atoms. The van der Waals surface area contributed by atoms with E-state index in [0.717, 1.165) is 6.07 Å². The minimum absolute atomic E-state index is 0.0497. The molecule has 0 aliphatic heterocycles. The van der Waals surface area contributed by atoms with Crippen LogP contribution in [0.2, 0.25) is 0 Å². The highest BCUT2D eigenvalue weighted by Gasteiger charge is 2.33. The molecule has 7 heteroatoms. The monoisotopic (exact) mass is 331 g/mol. The summed E-state index contributed by atoms with van der Waals surface area (Å²) in [6.45, 7) is 0. The molecule has 0 aliphatic carbocycles. The van der Waals surface area contributed by atoms with Gasteiger partial charge in [-0.05, 0) is 28.7 Å². The van der Waals surface area contributed by atoms with Crippen LogP contribution in [0.15, 0.2) is 12.3 Å². The van der Waals surface area contributed by atoms with E-state index in [1.165, 1.54) is 22.6 Å². The number of hydrogen-bond acceptors (Lipinski definition) is 2. The molecule has 0 saturated carbocycles. The number of hydrogen-bond donors (Lipinski definition) is 1. The van der Waals surface area contributed by atoms with E-state index >= 15 is 0 Å². The van der Waals surface area contributed by atoms with Crippen molar-refractivity contribution in [3.63, 3.8) is 0 Å². The maximum atomic E-state index is 12.3. The lowest BCUT2D eigenvalue weighted by molar-refractivity contribution is -0.138. The molecule has 1 aromatic rings. The van der Waals surface area contributed by atoms with Crippen LogP contribution in [0, 0.1) is 3.57 Å². The molecular formula is C8H5F3INO2. The van der Waals surface area contributed by atoms with Crippen LogP contribution < -0.4 is 0 Å². The number of alkyl halides is 3. The maximum Gasteiger partial charge on any atom is 0.418 e. The number of carboxylic acid groups (broad SMARTS) is 1. The van der Waals surface area contributed by atoms with E-state index in [1.54, 1.807) is 0 Å². The second kappa shape index (κ2) is 4.33. The molecule has 0 fully saturated rings. The predicted octanol–water partition coefficient (Wildman–Crippen LogP) is 2.33. The summed E-state index contributed by atoms with van der Waals surface area (Å²) < 4.78 is 36.8. The maximum absolute atomic E-state index is 12.3. The van der Waals surface area contributed by atoms with Crippen molar-refractivity contribution in [1.29, 1.82) is 0 Å². The normalized spacial score (nSPS) is 11.5. The molecule has 1 N–H and O–H groups in total. The van der Waals surface area contributed by atoms with Crippen molar-refractivity contribution in [2.45, 2.75) is 12.6 Å². The highest BCUT2D eigenvalue weighted by Crippen LogP contribution is 2.32. The first-order valence-electron chi connectivity index (χ1n) is 3.74. The smallest absolute Gasteiger partial charge is 0.418 e. The minimum atomic E-state index is -4.45. The summed E-state index contributed by atoms with van der Waals surface area (Å²) in [6.07, 6.45) is -4.18. The highest BCUT2D eigenvalue weighted by atomic mass is 127. The topological polar surface area (TPSA) is 50.2 Å². The average molecular weight is 331 g/mol. The number of pyridine rings is 1. The van der Waals surface area contributed by atoms with Gasteiger partial charge in [-0.1, -0.05) is 0 Å². The number of aromatic nitrogens is 1. The summed E-state index contributed by atoms with van der Waals surface area (Å²) in [7, 11) is 0. The summed E-state index contributed by atoms with van der Waals surface area (Å²) in [4.78, 5) is 13.7. The van der Waals surface area contributed by atoms with Gasteiger partial charge in [-0.15, -0.1) is 0 Å². The zero-order valence-corrected chi connectivity index (χ0v) is 9.33. The third-order valence-electron chi connectivity index (χ3n) is 1.55. The van der Waals surface area contributed by atoms with Crippen LogP contribution in [0.25, 0.3) is 0 Å². The quantitative estimate of drug-likeness (QED) is 0.847. The summed E-state index contributed by atoms with van der Waals surface area (Å²) in [5.41, 5.74) is -0.739. The molecule has 0 saturated heterocycles. The van der Waals surface area contributed by atoms with Crippen molar-refractivity contribution >= 4 is 28.6 Å². The van der Waals surface area contributed by atoms with E-state index in [9.17, 15) is 18.0 Å². The zero-order chi connectivity index (χ0) is 11.6. The Morgan fingerprint density at radius 3 is 2.53 bits per heavy atom. The number of carbonyl (C=O) groups is 1. The summed E-state index contributed by atoms with van der Waals surface area (Å²) in [5.74, 6) is -1.13. The van der Waals surface area contributed by atoms with E-state index in [-0.39, 0.29) is 15.7 Å². The first-order chi connectivity index (χ1) is 6.80. The molecule has 0 spiro atoms. The van der Waals surface area contributed by atoms with Crippen molar-refractivity contribution in [1.82, 2.24) is 4.98 Å². The molecule has 1 heterocycles.